The molecule has 0 aliphatic rings. The van der Waals surface area contributed by atoms with Crippen molar-refractivity contribution >= 4 is 11.9 Å². The SMILES string of the molecule is CCCCCCCCC/C=C\CCCCCCCCCC(=O)OCCCCCCCCCCCCCCCCCC(=O)NC(CO)C(O)CCCCCCCCCCCCCCCCCCCCCCCCCC. The highest BCUT2D eigenvalue weighted by atomic mass is 16.5. The van der Waals surface area contributed by atoms with Crippen molar-refractivity contribution in [1.82, 2.24) is 5.32 Å². The lowest BCUT2D eigenvalue weighted by atomic mass is 10.0. The van der Waals surface area contributed by atoms with Gasteiger partial charge in [-0.1, -0.05) is 334 Å². The highest BCUT2D eigenvalue weighted by Crippen LogP contribution is 2.19. The van der Waals surface area contributed by atoms with Gasteiger partial charge in [-0.3, -0.25) is 9.59 Å². The molecule has 6 nitrogen and oxygen atoms in total. The van der Waals surface area contributed by atoms with E-state index in [4.69, 9.17) is 4.74 Å². The minimum atomic E-state index is -0.671. The number of nitrogens with one attached hydrogen (secondary N) is 1. The van der Waals surface area contributed by atoms with Crippen LogP contribution in [0.4, 0.5) is 0 Å². The molecule has 0 aliphatic carbocycles. The first-order valence-electron chi connectivity index (χ1n) is 33.9. The number of hydrogen-bond acceptors (Lipinski definition) is 5. The molecule has 0 saturated carbocycles. The monoisotopic (exact) mass is 1040 g/mol. The van der Waals surface area contributed by atoms with Crippen LogP contribution in [-0.4, -0.2) is 47.4 Å². The molecule has 0 aliphatic heterocycles. The lowest BCUT2D eigenvalue weighted by Gasteiger charge is -2.22. The fourth-order valence-electron chi connectivity index (χ4n) is 10.9. The van der Waals surface area contributed by atoms with Crippen LogP contribution in [-0.2, 0) is 14.3 Å². The van der Waals surface area contributed by atoms with Gasteiger partial charge in [-0.05, 0) is 51.4 Å². The molecule has 0 spiro atoms. The largest absolute Gasteiger partial charge is 0.466 e. The molecule has 0 radical (unpaired) electrons. The predicted molar refractivity (Wildman–Crippen MR) is 324 cm³/mol. The van der Waals surface area contributed by atoms with Crippen LogP contribution >= 0.6 is 0 Å². The van der Waals surface area contributed by atoms with Crippen molar-refractivity contribution in [3.8, 4) is 0 Å². The van der Waals surface area contributed by atoms with Crippen molar-refractivity contribution in [2.75, 3.05) is 13.2 Å². The van der Waals surface area contributed by atoms with E-state index in [9.17, 15) is 19.8 Å². The molecule has 0 aromatic rings. The quantitative estimate of drug-likeness (QED) is 0.0320. The van der Waals surface area contributed by atoms with E-state index >= 15 is 0 Å². The zero-order valence-corrected chi connectivity index (χ0v) is 50.4. The van der Waals surface area contributed by atoms with Crippen LogP contribution in [0.25, 0.3) is 0 Å². The van der Waals surface area contributed by atoms with Crippen LogP contribution < -0.4 is 5.32 Å². The third kappa shape index (κ3) is 59.8. The van der Waals surface area contributed by atoms with Crippen molar-refractivity contribution in [2.24, 2.45) is 0 Å². The van der Waals surface area contributed by atoms with E-state index in [1.807, 2.05) is 0 Å². The first kappa shape index (κ1) is 72.6. The second-order valence-corrected chi connectivity index (χ2v) is 23.5. The van der Waals surface area contributed by atoms with Crippen LogP contribution in [0, 0.1) is 0 Å². The summed E-state index contributed by atoms with van der Waals surface area (Å²) in [5.74, 6) is -0.0392. The molecule has 0 fully saturated rings. The van der Waals surface area contributed by atoms with Gasteiger partial charge in [0.25, 0.3) is 0 Å². The molecule has 2 unspecified atom stereocenters. The van der Waals surface area contributed by atoms with Gasteiger partial charge in [-0.15, -0.1) is 0 Å². The van der Waals surface area contributed by atoms with Crippen LogP contribution in [0.5, 0.6) is 0 Å². The van der Waals surface area contributed by atoms with E-state index in [2.05, 4.69) is 31.3 Å². The first-order chi connectivity index (χ1) is 36.5. The van der Waals surface area contributed by atoms with E-state index in [1.165, 1.54) is 308 Å². The Morgan fingerprint density at radius 1 is 0.365 bits per heavy atom. The van der Waals surface area contributed by atoms with Crippen LogP contribution in [0.1, 0.15) is 386 Å². The Labute approximate surface area is 463 Å². The maximum absolute atomic E-state index is 12.5. The van der Waals surface area contributed by atoms with E-state index in [1.54, 1.807) is 0 Å². The first-order valence-corrected chi connectivity index (χ1v) is 33.9. The Bertz CT molecular complexity index is 1110. The summed E-state index contributed by atoms with van der Waals surface area (Å²) in [7, 11) is 0. The van der Waals surface area contributed by atoms with Gasteiger partial charge in [-0.25, -0.2) is 0 Å². The number of carbonyl (C=O) groups is 2. The summed E-state index contributed by atoms with van der Waals surface area (Å²) in [6.07, 6.45) is 78.1. The Morgan fingerprint density at radius 3 is 0.959 bits per heavy atom. The molecular weight excluding hydrogens is 911 g/mol. The second-order valence-electron chi connectivity index (χ2n) is 23.5. The topological polar surface area (TPSA) is 95.9 Å². The minimum Gasteiger partial charge on any atom is -0.466 e. The number of esters is 1. The van der Waals surface area contributed by atoms with Gasteiger partial charge < -0.3 is 20.3 Å². The van der Waals surface area contributed by atoms with Gasteiger partial charge in [0.05, 0.1) is 25.4 Å². The number of aliphatic hydroxyl groups excluding tert-OH is 2. The molecule has 0 aromatic carbocycles. The molecule has 0 heterocycles. The molecule has 2 atom stereocenters. The zero-order valence-electron chi connectivity index (χ0n) is 50.4. The van der Waals surface area contributed by atoms with Crippen molar-refractivity contribution in [1.29, 1.82) is 0 Å². The standard InChI is InChI=1S/C68H133NO5/c1-3-5-7-9-11-13-15-17-19-21-23-24-25-26-27-28-29-32-36-40-44-48-52-56-60-66(71)65(64-70)69-67(72)61-57-53-49-45-41-37-33-31-35-39-43-47-51-55-59-63-74-68(73)62-58-54-50-46-42-38-34-30-22-20-18-16-14-12-10-8-6-4-2/h20,22,65-66,70-71H,3-19,21,23-64H2,1-2H3,(H,69,72)/b22-20-. The van der Waals surface area contributed by atoms with Crippen molar-refractivity contribution in [3.05, 3.63) is 12.2 Å². The van der Waals surface area contributed by atoms with Crippen molar-refractivity contribution < 1.29 is 24.5 Å². The maximum Gasteiger partial charge on any atom is 0.305 e. The number of rotatable bonds is 64. The molecule has 0 aromatic heterocycles. The summed E-state index contributed by atoms with van der Waals surface area (Å²) in [5.41, 5.74) is 0. The van der Waals surface area contributed by atoms with Gasteiger partial charge >= 0.3 is 5.97 Å². The minimum absolute atomic E-state index is 0.000602. The molecule has 1 amide bonds. The zero-order chi connectivity index (χ0) is 53.6. The van der Waals surface area contributed by atoms with Gasteiger partial charge in [-0.2, -0.15) is 0 Å². The molecular formula is C68H133NO5. The fourth-order valence-corrected chi connectivity index (χ4v) is 10.9. The number of ether oxygens (including phenoxy) is 1. The highest BCUT2D eigenvalue weighted by Gasteiger charge is 2.20. The predicted octanol–water partition coefficient (Wildman–Crippen LogP) is 21.6. The van der Waals surface area contributed by atoms with Crippen LogP contribution in [0.3, 0.4) is 0 Å². The summed E-state index contributed by atoms with van der Waals surface area (Å²) >= 11 is 0. The highest BCUT2D eigenvalue weighted by molar-refractivity contribution is 5.76. The third-order valence-electron chi connectivity index (χ3n) is 16.1. The van der Waals surface area contributed by atoms with E-state index in [0.717, 1.165) is 44.9 Å². The summed E-state index contributed by atoms with van der Waals surface area (Å²) < 4.78 is 5.50. The average molecular weight is 1040 g/mol. The number of amides is 1. The van der Waals surface area contributed by atoms with E-state index in [-0.39, 0.29) is 18.5 Å². The number of aliphatic hydroxyl groups is 2. The van der Waals surface area contributed by atoms with Gasteiger partial charge in [0.15, 0.2) is 0 Å². The lowest BCUT2D eigenvalue weighted by Crippen LogP contribution is -2.45. The number of carbonyl (C=O) groups excluding carboxylic acids is 2. The number of hydrogen-bond donors (Lipinski definition) is 3. The molecule has 3 N–H and O–H groups in total. The lowest BCUT2D eigenvalue weighted by molar-refractivity contribution is -0.143. The Kier molecular flexibility index (Phi) is 62.9. The summed E-state index contributed by atoms with van der Waals surface area (Å²) in [5, 5.41) is 23.4. The number of allylic oxidation sites excluding steroid dienone is 2. The van der Waals surface area contributed by atoms with Crippen molar-refractivity contribution in [2.45, 2.75) is 398 Å². The molecule has 74 heavy (non-hydrogen) atoms. The molecule has 440 valence electrons. The van der Waals surface area contributed by atoms with E-state index in [0.29, 0.717) is 25.9 Å². The second kappa shape index (κ2) is 64.1. The smallest absolute Gasteiger partial charge is 0.305 e. The maximum atomic E-state index is 12.5. The number of unbranched alkanes of at least 4 members (excludes halogenated alkanes) is 51. The molecule has 0 rings (SSSR count). The normalized spacial score (nSPS) is 12.5. The van der Waals surface area contributed by atoms with Gasteiger partial charge in [0, 0.05) is 12.8 Å². The summed E-state index contributed by atoms with van der Waals surface area (Å²) in [6.45, 7) is 4.97. The Balaban J connectivity index is 3.41. The van der Waals surface area contributed by atoms with Crippen LogP contribution in [0.2, 0.25) is 0 Å². The molecule has 0 bridgehead atoms. The van der Waals surface area contributed by atoms with E-state index < -0.39 is 12.1 Å². The van der Waals surface area contributed by atoms with Gasteiger partial charge in [0.1, 0.15) is 0 Å². The fraction of sp³-hybridized carbons (Fsp3) is 0.941. The van der Waals surface area contributed by atoms with Crippen LogP contribution in [0.15, 0.2) is 12.2 Å². The Morgan fingerprint density at radius 2 is 0.635 bits per heavy atom. The molecule has 6 heteroatoms. The van der Waals surface area contributed by atoms with Crippen molar-refractivity contribution in [3.63, 3.8) is 0 Å². The Hall–Kier alpha value is -1.40. The molecule has 0 saturated heterocycles. The average Bonchev–Trinajstić information content (AvgIpc) is 3.40. The summed E-state index contributed by atoms with van der Waals surface area (Å²) in [6, 6.07) is -0.549. The third-order valence-corrected chi connectivity index (χ3v) is 16.1. The summed E-state index contributed by atoms with van der Waals surface area (Å²) in [4.78, 5) is 24.7. The van der Waals surface area contributed by atoms with Gasteiger partial charge in [0.2, 0.25) is 5.91 Å².